The molecular weight excluding hydrogens is 290 g/mol. The molecule has 0 heterocycles. The fraction of sp³-hybridized carbons (Fsp3) is 0.250. The summed E-state index contributed by atoms with van der Waals surface area (Å²) in [5.74, 6) is -0.422. The molecule has 0 aliphatic heterocycles. The third-order valence-electron chi connectivity index (χ3n) is 2.03. The van der Waals surface area contributed by atoms with E-state index in [0.29, 0.717) is 12.3 Å². The van der Waals surface area contributed by atoms with Crippen molar-refractivity contribution in [2.24, 2.45) is 0 Å². The van der Waals surface area contributed by atoms with Crippen LogP contribution in [-0.4, -0.2) is 26.2 Å². The molecule has 0 unspecified atom stereocenters. The molecule has 0 fully saturated rings. The van der Waals surface area contributed by atoms with Crippen LogP contribution in [0.3, 0.4) is 0 Å². The highest BCUT2D eigenvalue weighted by Gasteiger charge is 2.07. The Morgan fingerprint density at radius 3 is 2.53 bits per heavy atom. The Labute approximate surface area is 117 Å². The van der Waals surface area contributed by atoms with Gasteiger partial charge in [0.15, 0.2) is 0 Å². The fourth-order valence-corrected chi connectivity index (χ4v) is 1.94. The van der Waals surface area contributed by atoms with Gasteiger partial charge in [0.05, 0.1) is 6.61 Å². The largest absolute Gasteiger partial charge is 0.463 e. The standard InChI is InChI=1S/C12H14ClNO4S/c1-2-18-12(15)8-5-10-3-6-11(7-4-10)14-19(16,17)9-13/h3-8,14H,2,9H2,1H3. The molecule has 1 N–H and O–H groups in total. The van der Waals surface area contributed by atoms with Gasteiger partial charge in [-0.15, -0.1) is 11.6 Å². The second-order valence-electron chi connectivity index (χ2n) is 3.53. The summed E-state index contributed by atoms with van der Waals surface area (Å²) in [6.07, 6.45) is 2.89. The van der Waals surface area contributed by atoms with Gasteiger partial charge in [-0.3, -0.25) is 4.72 Å². The van der Waals surface area contributed by atoms with Crippen molar-refractivity contribution in [2.75, 3.05) is 16.5 Å². The molecular formula is C12H14ClNO4S. The van der Waals surface area contributed by atoms with Gasteiger partial charge in [-0.2, -0.15) is 0 Å². The number of carbonyl (C=O) groups is 1. The Morgan fingerprint density at radius 2 is 2.00 bits per heavy atom. The average molecular weight is 304 g/mol. The van der Waals surface area contributed by atoms with Gasteiger partial charge in [0, 0.05) is 11.8 Å². The van der Waals surface area contributed by atoms with E-state index in [1.807, 2.05) is 0 Å². The minimum Gasteiger partial charge on any atom is -0.463 e. The summed E-state index contributed by atoms with van der Waals surface area (Å²) < 4.78 is 29.5. The molecule has 0 aliphatic carbocycles. The van der Waals surface area contributed by atoms with E-state index in [9.17, 15) is 13.2 Å². The van der Waals surface area contributed by atoms with E-state index in [1.165, 1.54) is 6.08 Å². The predicted octanol–water partition coefficient (Wildman–Crippen LogP) is 2.20. The Hall–Kier alpha value is -1.53. The molecule has 0 amide bonds. The van der Waals surface area contributed by atoms with Crippen molar-refractivity contribution in [3.8, 4) is 0 Å². The molecule has 0 spiro atoms. The first kappa shape index (κ1) is 15.5. The summed E-state index contributed by atoms with van der Waals surface area (Å²) in [6.45, 7) is 2.05. The van der Waals surface area contributed by atoms with Crippen molar-refractivity contribution < 1.29 is 17.9 Å². The third kappa shape index (κ3) is 5.76. The van der Waals surface area contributed by atoms with Crippen molar-refractivity contribution >= 4 is 39.4 Å². The maximum absolute atomic E-state index is 11.2. The average Bonchev–Trinajstić information content (AvgIpc) is 2.38. The van der Waals surface area contributed by atoms with E-state index in [-0.39, 0.29) is 0 Å². The predicted molar refractivity (Wildman–Crippen MR) is 75.4 cm³/mol. The van der Waals surface area contributed by atoms with Gasteiger partial charge in [0.2, 0.25) is 10.0 Å². The van der Waals surface area contributed by atoms with Crippen LogP contribution in [0.25, 0.3) is 6.08 Å². The second kappa shape index (κ2) is 7.16. The van der Waals surface area contributed by atoms with Crippen LogP contribution in [0.2, 0.25) is 0 Å². The highest BCUT2D eigenvalue weighted by atomic mass is 35.5. The maximum Gasteiger partial charge on any atom is 0.330 e. The number of anilines is 1. The zero-order valence-corrected chi connectivity index (χ0v) is 11.9. The topological polar surface area (TPSA) is 72.5 Å². The van der Waals surface area contributed by atoms with Gasteiger partial charge >= 0.3 is 5.97 Å². The van der Waals surface area contributed by atoms with Crippen LogP contribution in [0.1, 0.15) is 12.5 Å². The zero-order valence-electron chi connectivity index (χ0n) is 10.3. The molecule has 0 bridgehead atoms. The van der Waals surface area contributed by atoms with Gasteiger partial charge in [-0.1, -0.05) is 12.1 Å². The van der Waals surface area contributed by atoms with E-state index < -0.39 is 21.2 Å². The summed E-state index contributed by atoms with van der Waals surface area (Å²) in [4.78, 5) is 11.1. The first-order chi connectivity index (χ1) is 8.96. The Morgan fingerprint density at radius 1 is 1.37 bits per heavy atom. The lowest BCUT2D eigenvalue weighted by Crippen LogP contribution is -2.13. The Kier molecular flexibility index (Phi) is 5.85. The van der Waals surface area contributed by atoms with Crippen LogP contribution >= 0.6 is 11.6 Å². The van der Waals surface area contributed by atoms with Crippen LogP contribution in [0.4, 0.5) is 5.69 Å². The van der Waals surface area contributed by atoms with Gasteiger partial charge in [0.1, 0.15) is 5.21 Å². The van der Waals surface area contributed by atoms with Crippen LogP contribution in [0.15, 0.2) is 30.3 Å². The van der Waals surface area contributed by atoms with E-state index in [2.05, 4.69) is 4.72 Å². The first-order valence-corrected chi connectivity index (χ1v) is 7.67. The molecule has 0 radical (unpaired) electrons. The lowest BCUT2D eigenvalue weighted by Gasteiger charge is -2.05. The SMILES string of the molecule is CCOC(=O)C=Cc1ccc(NS(=O)(=O)CCl)cc1. The first-order valence-electron chi connectivity index (χ1n) is 5.48. The molecule has 0 saturated carbocycles. The second-order valence-corrected chi connectivity index (χ2v) is 5.84. The Balaban J connectivity index is 2.69. The van der Waals surface area contributed by atoms with E-state index in [1.54, 1.807) is 37.3 Å². The fourth-order valence-electron chi connectivity index (χ4n) is 1.22. The number of halogens is 1. The zero-order chi connectivity index (χ0) is 14.3. The van der Waals surface area contributed by atoms with Crippen molar-refractivity contribution in [1.82, 2.24) is 0 Å². The number of nitrogens with one attached hydrogen (secondary N) is 1. The monoisotopic (exact) mass is 303 g/mol. The lowest BCUT2D eigenvalue weighted by atomic mass is 10.2. The molecule has 7 heteroatoms. The number of rotatable bonds is 6. The van der Waals surface area contributed by atoms with Crippen molar-refractivity contribution in [3.63, 3.8) is 0 Å². The molecule has 1 aromatic rings. The highest BCUT2D eigenvalue weighted by Crippen LogP contribution is 2.13. The molecule has 0 aromatic heterocycles. The summed E-state index contributed by atoms with van der Waals surface area (Å²) in [7, 11) is -3.50. The number of esters is 1. The van der Waals surface area contributed by atoms with Crippen LogP contribution < -0.4 is 4.72 Å². The number of alkyl halides is 1. The van der Waals surface area contributed by atoms with Gasteiger partial charge in [0.25, 0.3) is 0 Å². The number of carbonyl (C=O) groups excluding carboxylic acids is 1. The summed E-state index contributed by atoms with van der Waals surface area (Å²) in [5.41, 5.74) is 1.16. The molecule has 0 aliphatic rings. The number of ether oxygens (including phenoxy) is 1. The Bertz CT molecular complexity index is 552. The summed E-state index contributed by atoms with van der Waals surface area (Å²) >= 11 is 5.28. The van der Waals surface area contributed by atoms with Gasteiger partial charge < -0.3 is 4.74 Å². The quantitative estimate of drug-likeness (QED) is 0.497. The summed E-state index contributed by atoms with van der Waals surface area (Å²) in [5, 5.41) is -0.502. The van der Waals surface area contributed by atoms with Gasteiger partial charge in [-0.05, 0) is 30.7 Å². The minimum absolute atomic E-state index is 0.322. The molecule has 19 heavy (non-hydrogen) atoms. The van der Waals surface area contributed by atoms with Crippen molar-refractivity contribution in [1.29, 1.82) is 0 Å². The number of hydrogen-bond acceptors (Lipinski definition) is 4. The third-order valence-corrected chi connectivity index (χ3v) is 3.72. The molecule has 0 atom stereocenters. The van der Waals surface area contributed by atoms with Crippen molar-refractivity contribution in [2.45, 2.75) is 6.92 Å². The molecule has 1 aromatic carbocycles. The van der Waals surface area contributed by atoms with E-state index in [0.717, 1.165) is 5.56 Å². The van der Waals surface area contributed by atoms with Crippen LogP contribution in [-0.2, 0) is 19.6 Å². The normalized spacial score (nSPS) is 11.5. The maximum atomic E-state index is 11.2. The van der Waals surface area contributed by atoms with Gasteiger partial charge in [-0.25, -0.2) is 13.2 Å². The molecule has 1 rings (SSSR count). The smallest absolute Gasteiger partial charge is 0.330 e. The number of benzene rings is 1. The van der Waals surface area contributed by atoms with Crippen LogP contribution in [0, 0.1) is 0 Å². The highest BCUT2D eigenvalue weighted by molar-refractivity contribution is 7.93. The molecule has 104 valence electrons. The van der Waals surface area contributed by atoms with E-state index >= 15 is 0 Å². The number of sulfonamides is 1. The lowest BCUT2D eigenvalue weighted by molar-refractivity contribution is -0.137. The number of hydrogen-bond donors (Lipinski definition) is 1. The summed E-state index contributed by atoms with van der Waals surface area (Å²) in [6, 6.07) is 6.49. The van der Waals surface area contributed by atoms with Crippen LogP contribution in [0.5, 0.6) is 0 Å². The minimum atomic E-state index is -3.50. The molecule has 0 saturated heterocycles. The van der Waals surface area contributed by atoms with E-state index in [4.69, 9.17) is 16.3 Å². The van der Waals surface area contributed by atoms with Crippen molar-refractivity contribution in [3.05, 3.63) is 35.9 Å². The molecule has 5 nitrogen and oxygen atoms in total.